The van der Waals surface area contributed by atoms with Crippen molar-refractivity contribution in [2.45, 2.75) is 117 Å². The number of fused-ring (bicyclic) bond motifs is 2. The Kier molecular flexibility index (Phi) is 39.6. The zero-order valence-electron chi connectivity index (χ0n) is 49.0. The van der Waals surface area contributed by atoms with Crippen LogP contribution in [0.3, 0.4) is 0 Å². The lowest BCUT2D eigenvalue weighted by atomic mass is 9.89. The average molecular weight is 1180 g/mol. The van der Waals surface area contributed by atoms with Crippen LogP contribution in [0.2, 0.25) is 0 Å². The Morgan fingerprint density at radius 2 is 1.26 bits per heavy atom. The third-order valence-corrected chi connectivity index (χ3v) is 12.3. The number of allylic oxidation sites excluding steroid dienone is 4. The van der Waals surface area contributed by atoms with Crippen LogP contribution in [0.15, 0.2) is 89.8 Å². The number of carboxylic acids is 4. The summed E-state index contributed by atoms with van der Waals surface area (Å²) in [6, 6.07) is 16.3. The molecule has 1 aliphatic rings. The van der Waals surface area contributed by atoms with E-state index in [-0.39, 0.29) is 55.4 Å². The Morgan fingerprint density at radius 1 is 0.690 bits per heavy atom. The molecule has 3 aromatic rings. The van der Waals surface area contributed by atoms with Gasteiger partial charge in [-0.15, -0.1) is 0 Å². The summed E-state index contributed by atoms with van der Waals surface area (Å²) in [4.78, 5) is 124. The first-order valence-corrected chi connectivity index (χ1v) is 27.4. The number of nitrogens with zero attached hydrogens (tertiary/aromatic N) is 1. The van der Waals surface area contributed by atoms with E-state index in [9.17, 15) is 57.1 Å². The number of aliphatic hydroxyl groups excluding tert-OH is 1. The molecule has 0 unspecified atom stereocenters. The van der Waals surface area contributed by atoms with Gasteiger partial charge in [-0.3, -0.25) is 43.3 Å². The molecule has 0 heterocycles. The zero-order valence-corrected chi connectivity index (χ0v) is 49.0. The van der Waals surface area contributed by atoms with Crippen LogP contribution in [0.25, 0.3) is 21.5 Å². The molecule has 25 heteroatoms. The normalized spacial score (nSPS) is 12.9. The van der Waals surface area contributed by atoms with Gasteiger partial charge in [0.1, 0.15) is 12.3 Å². The van der Waals surface area contributed by atoms with Gasteiger partial charge in [-0.2, -0.15) is 0 Å². The summed E-state index contributed by atoms with van der Waals surface area (Å²) in [6.07, 6.45) is 11.5. The molecule has 1 saturated carbocycles. The number of aldehydes is 1. The predicted octanol–water partition coefficient (Wildman–Crippen LogP) is 4.66. The second-order valence-electron chi connectivity index (χ2n) is 19.0. The Morgan fingerprint density at radius 3 is 1.76 bits per heavy atom. The minimum absolute atomic E-state index is 0.0144. The highest BCUT2D eigenvalue weighted by Crippen LogP contribution is 2.27. The third kappa shape index (κ3) is 34.0. The summed E-state index contributed by atoms with van der Waals surface area (Å²) >= 11 is 0. The maximum atomic E-state index is 12.6. The topological polar surface area (TPSA) is 376 Å². The monoisotopic (exact) mass is 1180 g/mol. The van der Waals surface area contributed by atoms with Crippen molar-refractivity contribution < 1.29 is 82.7 Å². The summed E-state index contributed by atoms with van der Waals surface area (Å²) in [5.74, 6) is -6.97. The van der Waals surface area contributed by atoms with E-state index in [2.05, 4.69) is 98.7 Å². The molecule has 1 fully saturated rings. The standard InChI is InChI=1S/C21H34N4O8.C15H12.C13H20FNO.C9H15N3O6.CH4O/c26-13-15(24-21(33)25-16(20(31)32)9-10-18(28)29)8-4-5-11-22-17(27)12-23-19(30)14-6-2-1-3-7-14;1-11-14-8-4-2-6-12(14)10-13-7-3-5-9-15(11)13;1-5-10(3)9-12(8-7-11(4)14)13(16)15-6-2;1-10-6(13)2-11-7(14)3-12(4-8(15)16)5-9(17)18;1-2/h13-16H,1-12H2,(H,22,27)(H,23,30)(H,28,29)(H,31,32)(H2,24,25,33);2-10H,1H3;7-9H,5-6H2,1-4H3,(H,15,16);2-5H2,1H3,(H,10,13)(H,11,14)(H,15,16)(H,17,18);2H,1H3/b;;10-9+,11-7+,12-8+;;/t15-,16-;;;;/m0..../s1. The molecular formula is C59H85FN8O16. The van der Waals surface area contributed by atoms with Crippen LogP contribution < -0.4 is 37.2 Å². The van der Waals surface area contributed by atoms with Crippen molar-refractivity contribution in [1.29, 1.82) is 0 Å². The largest absolute Gasteiger partial charge is 0.481 e. The van der Waals surface area contributed by atoms with Crippen LogP contribution in [0, 0.1) is 12.8 Å². The SMILES string of the molecule is CCNC(=O)C(/C=C(\C)CC)=C/C=C(\C)F.CNC(=O)CNC(=O)CN(CC(=O)O)CC(=O)O.CO.Cc1c2ccccc2cc2ccccc12.O=C[C@H](CCCCNC(=O)CNC(=O)C1CCCCC1)NC(=O)N[C@@H](CCC(=O)O)C(=O)O. The summed E-state index contributed by atoms with van der Waals surface area (Å²) in [6.45, 7) is 8.38. The van der Waals surface area contributed by atoms with Crippen molar-refractivity contribution in [3.8, 4) is 0 Å². The molecule has 1 aliphatic carbocycles. The van der Waals surface area contributed by atoms with Crippen molar-refractivity contribution in [1.82, 2.24) is 42.1 Å². The number of nitrogens with one attached hydrogen (secondary N) is 7. The van der Waals surface area contributed by atoms with Gasteiger partial charge in [0, 0.05) is 45.2 Å². The van der Waals surface area contributed by atoms with E-state index >= 15 is 0 Å². The Balaban J connectivity index is 0.00000115. The highest BCUT2D eigenvalue weighted by molar-refractivity contribution is 6.02. The van der Waals surface area contributed by atoms with E-state index in [1.165, 1.54) is 53.2 Å². The molecule has 84 heavy (non-hydrogen) atoms. The third-order valence-electron chi connectivity index (χ3n) is 12.3. The van der Waals surface area contributed by atoms with E-state index in [4.69, 9.17) is 25.5 Å². The summed E-state index contributed by atoms with van der Waals surface area (Å²) < 4.78 is 12.6. The maximum Gasteiger partial charge on any atom is 0.326 e. The van der Waals surface area contributed by atoms with E-state index in [0.717, 1.165) is 56.1 Å². The number of hydrogen-bond donors (Lipinski definition) is 12. The lowest BCUT2D eigenvalue weighted by Crippen LogP contribution is -2.49. The first-order chi connectivity index (χ1) is 39.9. The molecule has 12 N–H and O–H groups in total. The number of urea groups is 1. The number of aryl methyl sites for hydroxylation is 1. The highest BCUT2D eigenvalue weighted by Gasteiger charge is 2.23. The molecule has 24 nitrogen and oxygen atoms in total. The molecule has 0 bridgehead atoms. The summed E-state index contributed by atoms with van der Waals surface area (Å²) in [5.41, 5.74) is 2.95. The van der Waals surface area contributed by atoms with Crippen molar-refractivity contribution in [2.24, 2.45) is 5.92 Å². The van der Waals surface area contributed by atoms with Gasteiger partial charge in [0.15, 0.2) is 0 Å². The number of likely N-dealkylation sites (N-methyl/N-ethyl adjacent to an activating group) is 2. The van der Waals surface area contributed by atoms with Crippen LogP contribution in [0.1, 0.15) is 104 Å². The number of aliphatic hydroxyl groups is 1. The minimum atomic E-state index is -1.39. The highest BCUT2D eigenvalue weighted by atomic mass is 19.1. The number of benzene rings is 3. The Hall–Kier alpha value is -8.58. The number of rotatable bonds is 28. The van der Waals surface area contributed by atoms with E-state index in [1.807, 2.05) is 20.8 Å². The molecule has 464 valence electrons. The molecule has 4 rings (SSSR count). The number of carbonyl (C=O) groups is 11. The number of halogens is 1. The molecule has 0 saturated heterocycles. The van der Waals surface area contributed by atoms with Crippen LogP contribution in [-0.2, 0) is 47.9 Å². The fourth-order valence-corrected chi connectivity index (χ4v) is 7.87. The first-order valence-electron chi connectivity index (χ1n) is 27.4. The quantitative estimate of drug-likeness (QED) is 0.0155. The predicted molar refractivity (Wildman–Crippen MR) is 315 cm³/mol. The van der Waals surface area contributed by atoms with Gasteiger partial charge >= 0.3 is 29.9 Å². The van der Waals surface area contributed by atoms with E-state index < -0.39 is 79.9 Å². The molecule has 7 amide bonds. The fraction of sp³-hybridized carbons (Fsp3) is 0.475. The van der Waals surface area contributed by atoms with E-state index in [1.54, 1.807) is 6.08 Å². The lowest BCUT2D eigenvalue weighted by molar-refractivity contribution is -0.143. The van der Waals surface area contributed by atoms with Gasteiger partial charge in [0.25, 0.3) is 5.91 Å². The van der Waals surface area contributed by atoms with Gasteiger partial charge in [-0.25, -0.2) is 14.0 Å². The van der Waals surface area contributed by atoms with Gasteiger partial charge in [0.2, 0.25) is 23.6 Å². The molecule has 3 aromatic carbocycles. The smallest absolute Gasteiger partial charge is 0.326 e. The number of aliphatic carboxylic acids is 4. The molecule has 0 spiro atoms. The van der Waals surface area contributed by atoms with Gasteiger partial charge in [-0.1, -0.05) is 86.4 Å². The number of hydrogen-bond acceptors (Lipinski definition) is 13. The van der Waals surface area contributed by atoms with Crippen molar-refractivity contribution in [3.05, 3.63) is 95.4 Å². The second-order valence-corrected chi connectivity index (χ2v) is 19.0. The van der Waals surface area contributed by atoms with Crippen LogP contribution in [0.4, 0.5) is 9.18 Å². The van der Waals surface area contributed by atoms with Crippen molar-refractivity contribution >= 4 is 87.3 Å². The molecule has 0 radical (unpaired) electrons. The number of carboxylic acid groups (broad SMARTS) is 4. The van der Waals surface area contributed by atoms with Gasteiger partial charge < -0.3 is 67.5 Å². The number of carbonyl (C=O) groups excluding carboxylic acids is 7. The Bertz CT molecular complexity index is 2650. The molecule has 2 atom stereocenters. The van der Waals surface area contributed by atoms with Gasteiger partial charge in [0.05, 0.1) is 44.6 Å². The van der Waals surface area contributed by atoms with E-state index in [0.29, 0.717) is 37.8 Å². The fourth-order valence-electron chi connectivity index (χ4n) is 7.87. The molecule has 0 aromatic heterocycles. The summed E-state index contributed by atoms with van der Waals surface area (Å²) in [5, 5.41) is 64.1. The number of unbranched alkanes of at least 4 members (excludes halogenated alkanes) is 1. The van der Waals surface area contributed by atoms with Crippen LogP contribution >= 0.6 is 0 Å². The molecular weight excluding hydrogens is 1100 g/mol. The van der Waals surface area contributed by atoms with Crippen molar-refractivity contribution in [3.63, 3.8) is 0 Å². The van der Waals surface area contributed by atoms with Crippen molar-refractivity contribution in [2.75, 3.05) is 60.0 Å². The molecule has 0 aliphatic heterocycles. The van der Waals surface area contributed by atoms with Crippen LogP contribution in [-0.4, -0.2) is 168 Å². The lowest BCUT2D eigenvalue weighted by Gasteiger charge is -2.20. The average Bonchev–Trinajstić information content (AvgIpc) is 3.50. The Labute approximate surface area is 489 Å². The van der Waals surface area contributed by atoms with Gasteiger partial charge in [-0.05, 0) is 118 Å². The zero-order chi connectivity index (χ0) is 63.6. The second kappa shape index (κ2) is 44.1. The number of amides is 7. The first kappa shape index (κ1) is 75.4. The summed E-state index contributed by atoms with van der Waals surface area (Å²) in [7, 11) is 2.40. The maximum absolute atomic E-state index is 12.6. The van der Waals surface area contributed by atoms with Crippen LogP contribution in [0.5, 0.6) is 0 Å². The minimum Gasteiger partial charge on any atom is -0.481 e.